The highest BCUT2D eigenvalue weighted by Gasteiger charge is 2.34. The fourth-order valence-electron chi connectivity index (χ4n) is 4.41. The molecule has 0 aromatic heterocycles. The fourth-order valence-corrected chi connectivity index (χ4v) is 4.41. The molecule has 152 valence electrons. The number of likely N-dealkylation sites (tertiary alicyclic amines) is 1. The van der Waals surface area contributed by atoms with Gasteiger partial charge < -0.3 is 0 Å². The summed E-state index contributed by atoms with van der Waals surface area (Å²) < 4.78 is 0. The first kappa shape index (κ1) is 19.8. The van der Waals surface area contributed by atoms with E-state index in [2.05, 4.69) is 56.0 Å². The van der Waals surface area contributed by atoms with E-state index in [-0.39, 0.29) is 11.9 Å². The van der Waals surface area contributed by atoms with E-state index in [9.17, 15) is 4.79 Å². The third-order valence-electron chi connectivity index (χ3n) is 6.47. The van der Waals surface area contributed by atoms with Crippen LogP contribution in [-0.2, 0) is 4.79 Å². The summed E-state index contributed by atoms with van der Waals surface area (Å²) in [5.41, 5.74) is 5.81. The molecule has 0 bridgehead atoms. The minimum atomic E-state index is -0.0274. The molecule has 0 radical (unpaired) electrons. The van der Waals surface area contributed by atoms with Gasteiger partial charge in [0, 0.05) is 12.5 Å². The molecule has 2 aliphatic rings. The van der Waals surface area contributed by atoms with Crippen LogP contribution in [0.15, 0.2) is 53.6 Å². The molecule has 1 fully saturated rings. The van der Waals surface area contributed by atoms with E-state index >= 15 is 0 Å². The van der Waals surface area contributed by atoms with Crippen molar-refractivity contribution in [2.75, 3.05) is 13.1 Å². The molecule has 0 aliphatic carbocycles. The van der Waals surface area contributed by atoms with Gasteiger partial charge in [0.15, 0.2) is 0 Å². The Morgan fingerprint density at radius 1 is 1.07 bits per heavy atom. The average Bonchev–Trinajstić information content (AvgIpc) is 3.18. The molecule has 0 N–H and O–H groups in total. The lowest BCUT2D eigenvalue weighted by molar-refractivity contribution is -0.135. The van der Waals surface area contributed by atoms with Crippen LogP contribution in [-0.4, -0.2) is 40.7 Å². The Kier molecular flexibility index (Phi) is 5.81. The molecule has 2 aromatic rings. The number of nitrogens with zero attached hydrogens (tertiary/aromatic N) is 3. The Morgan fingerprint density at radius 2 is 1.86 bits per heavy atom. The van der Waals surface area contributed by atoms with Gasteiger partial charge in [0.05, 0.1) is 18.3 Å². The number of hydrazone groups is 1. The standard InChI is InChI=1S/C25H31N3O/c1-18-12-13-22(15-19(18)2)23-16-24(21-10-5-4-6-11-21)28(26-23)25(29)17-27-14-8-7-9-20(27)3/h4-6,10-13,15,20,24H,7-9,14,16-17H2,1-3H3/t20-,24-/m1/s1. The van der Waals surface area contributed by atoms with Gasteiger partial charge in [-0.05, 0) is 68.5 Å². The van der Waals surface area contributed by atoms with Gasteiger partial charge in [-0.3, -0.25) is 9.69 Å². The lowest BCUT2D eigenvalue weighted by atomic mass is 9.96. The Labute approximate surface area is 174 Å². The van der Waals surface area contributed by atoms with Gasteiger partial charge in [0.1, 0.15) is 0 Å². The fraction of sp³-hybridized carbons (Fsp3) is 0.440. The second kappa shape index (κ2) is 8.50. The summed E-state index contributed by atoms with van der Waals surface area (Å²) in [5, 5.41) is 6.60. The maximum atomic E-state index is 13.3. The minimum absolute atomic E-state index is 0.0274. The maximum absolute atomic E-state index is 13.3. The van der Waals surface area contributed by atoms with E-state index in [0.717, 1.165) is 29.8 Å². The molecule has 4 heteroatoms. The van der Waals surface area contributed by atoms with Crippen LogP contribution < -0.4 is 0 Å². The van der Waals surface area contributed by atoms with E-state index < -0.39 is 0 Å². The van der Waals surface area contributed by atoms with E-state index in [1.165, 1.54) is 30.4 Å². The summed E-state index contributed by atoms with van der Waals surface area (Å²) in [4.78, 5) is 15.6. The lowest BCUT2D eigenvalue weighted by Crippen LogP contribution is -2.44. The molecular weight excluding hydrogens is 358 g/mol. The normalized spacial score (nSPS) is 22.6. The number of carbonyl (C=O) groups excluding carboxylic acids is 1. The number of piperidine rings is 1. The highest BCUT2D eigenvalue weighted by Crippen LogP contribution is 2.33. The first-order chi connectivity index (χ1) is 14.0. The zero-order valence-electron chi connectivity index (χ0n) is 17.8. The monoisotopic (exact) mass is 389 g/mol. The third-order valence-corrected chi connectivity index (χ3v) is 6.47. The molecule has 1 amide bonds. The number of hydrogen-bond donors (Lipinski definition) is 0. The molecule has 2 aliphatic heterocycles. The Balaban J connectivity index is 1.61. The van der Waals surface area contributed by atoms with Crippen LogP contribution in [0.25, 0.3) is 0 Å². The summed E-state index contributed by atoms with van der Waals surface area (Å²) in [5.74, 6) is 0.103. The Bertz CT molecular complexity index is 906. The molecule has 0 saturated carbocycles. The molecule has 29 heavy (non-hydrogen) atoms. The number of benzene rings is 2. The van der Waals surface area contributed by atoms with Crippen LogP contribution in [0.5, 0.6) is 0 Å². The number of rotatable bonds is 4. The molecular formula is C25H31N3O. The third kappa shape index (κ3) is 4.27. The largest absolute Gasteiger partial charge is 0.292 e. The molecule has 1 saturated heterocycles. The summed E-state index contributed by atoms with van der Waals surface area (Å²) >= 11 is 0. The van der Waals surface area contributed by atoms with Gasteiger partial charge in [-0.15, -0.1) is 0 Å². The Morgan fingerprint density at radius 3 is 2.59 bits per heavy atom. The first-order valence-corrected chi connectivity index (χ1v) is 10.8. The van der Waals surface area contributed by atoms with Crippen molar-refractivity contribution in [3.8, 4) is 0 Å². The molecule has 2 aromatic carbocycles. The van der Waals surface area contributed by atoms with Crippen LogP contribution in [0.4, 0.5) is 0 Å². The van der Waals surface area contributed by atoms with Crippen molar-refractivity contribution in [1.29, 1.82) is 0 Å². The number of amides is 1. The number of aryl methyl sites for hydroxylation is 2. The predicted molar refractivity (Wildman–Crippen MR) is 118 cm³/mol. The SMILES string of the molecule is Cc1ccc(C2=NN(C(=O)CN3CCCC[C@H]3C)[C@@H](c3ccccc3)C2)cc1C. The second-order valence-electron chi connectivity index (χ2n) is 8.53. The van der Waals surface area contributed by atoms with Crippen LogP contribution in [0, 0.1) is 13.8 Å². The van der Waals surface area contributed by atoms with Crippen molar-refractivity contribution in [2.24, 2.45) is 5.10 Å². The van der Waals surface area contributed by atoms with Crippen LogP contribution >= 0.6 is 0 Å². The zero-order chi connectivity index (χ0) is 20.4. The van der Waals surface area contributed by atoms with Gasteiger partial charge in [-0.1, -0.05) is 48.9 Å². The van der Waals surface area contributed by atoms with Crippen LogP contribution in [0.3, 0.4) is 0 Å². The molecule has 0 spiro atoms. The van der Waals surface area contributed by atoms with Crippen LogP contribution in [0.2, 0.25) is 0 Å². The van der Waals surface area contributed by atoms with Crippen molar-refractivity contribution in [3.63, 3.8) is 0 Å². The van der Waals surface area contributed by atoms with Crippen molar-refractivity contribution in [1.82, 2.24) is 9.91 Å². The van der Waals surface area contributed by atoms with Crippen LogP contribution in [0.1, 0.15) is 60.9 Å². The number of carbonyl (C=O) groups is 1. The molecule has 2 atom stereocenters. The van der Waals surface area contributed by atoms with Crippen molar-refractivity contribution in [2.45, 2.75) is 58.5 Å². The zero-order valence-corrected chi connectivity index (χ0v) is 17.8. The quantitative estimate of drug-likeness (QED) is 0.749. The van der Waals surface area contributed by atoms with Gasteiger partial charge in [-0.2, -0.15) is 5.10 Å². The summed E-state index contributed by atoms with van der Waals surface area (Å²) in [7, 11) is 0. The maximum Gasteiger partial charge on any atom is 0.257 e. The second-order valence-corrected chi connectivity index (χ2v) is 8.53. The molecule has 4 nitrogen and oxygen atoms in total. The summed E-state index contributed by atoms with van der Waals surface area (Å²) in [6, 6.07) is 17.2. The highest BCUT2D eigenvalue weighted by atomic mass is 16.2. The van der Waals surface area contributed by atoms with E-state index in [1.807, 2.05) is 18.2 Å². The first-order valence-electron chi connectivity index (χ1n) is 10.8. The number of hydrogen-bond acceptors (Lipinski definition) is 3. The predicted octanol–water partition coefficient (Wildman–Crippen LogP) is 4.86. The van der Waals surface area contributed by atoms with E-state index in [0.29, 0.717) is 12.6 Å². The topological polar surface area (TPSA) is 35.9 Å². The van der Waals surface area contributed by atoms with E-state index in [1.54, 1.807) is 5.01 Å². The van der Waals surface area contributed by atoms with Gasteiger partial charge in [0.25, 0.3) is 5.91 Å². The van der Waals surface area contributed by atoms with Crippen molar-refractivity contribution < 1.29 is 4.79 Å². The van der Waals surface area contributed by atoms with Gasteiger partial charge in [-0.25, -0.2) is 5.01 Å². The highest BCUT2D eigenvalue weighted by molar-refractivity contribution is 6.03. The lowest BCUT2D eigenvalue weighted by Gasteiger charge is -2.34. The van der Waals surface area contributed by atoms with E-state index in [4.69, 9.17) is 5.10 Å². The van der Waals surface area contributed by atoms with Crippen molar-refractivity contribution in [3.05, 3.63) is 70.8 Å². The van der Waals surface area contributed by atoms with Crippen molar-refractivity contribution >= 4 is 11.6 Å². The average molecular weight is 390 g/mol. The van der Waals surface area contributed by atoms with Gasteiger partial charge >= 0.3 is 0 Å². The molecule has 4 rings (SSSR count). The van der Waals surface area contributed by atoms with Gasteiger partial charge in [0.2, 0.25) is 0 Å². The molecule has 2 heterocycles. The summed E-state index contributed by atoms with van der Waals surface area (Å²) in [6.45, 7) is 7.94. The summed E-state index contributed by atoms with van der Waals surface area (Å²) in [6.07, 6.45) is 4.37. The Hall–Kier alpha value is -2.46. The smallest absolute Gasteiger partial charge is 0.257 e. The molecule has 0 unspecified atom stereocenters. The minimum Gasteiger partial charge on any atom is -0.292 e.